The SMILES string of the molecule is Cc1ccn2c3c(nc2c1)CCC(C(=O)N1CCCc2ccccc21)C3. The van der Waals surface area contributed by atoms with Gasteiger partial charge in [0.2, 0.25) is 5.91 Å². The normalized spacial score (nSPS) is 19.3. The van der Waals surface area contributed by atoms with Crippen molar-refractivity contribution in [2.75, 3.05) is 11.4 Å². The highest BCUT2D eigenvalue weighted by molar-refractivity contribution is 5.96. The molecule has 0 spiro atoms. The number of fused-ring (bicyclic) bond motifs is 4. The molecule has 0 radical (unpaired) electrons. The third kappa shape index (κ3) is 2.44. The molecule has 1 aliphatic heterocycles. The summed E-state index contributed by atoms with van der Waals surface area (Å²) in [5, 5.41) is 0. The largest absolute Gasteiger partial charge is 0.312 e. The van der Waals surface area contributed by atoms with Gasteiger partial charge < -0.3 is 9.30 Å². The predicted octanol–water partition coefficient (Wildman–Crippen LogP) is 3.73. The van der Waals surface area contributed by atoms with Crippen LogP contribution in [0.5, 0.6) is 0 Å². The van der Waals surface area contributed by atoms with E-state index in [1.54, 1.807) is 0 Å². The Kier molecular flexibility index (Phi) is 3.59. The fourth-order valence-electron chi connectivity index (χ4n) is 4.50. The van der Waals surface area contributed by atoms with Crippen LogP contribution >= 0.6 is 0 Å². The Morgan fingerprint density at radius 1 is 1.19 bits per heavy atom. The molecule has 0 bridgehead atoms. The molecule has 1 aliphatic carbocycles. The maximum Gasteiger partial charge on any atom is 0.230 e. The quantitative estimate of drug-likeness (QED) is 0.674. The molecule has 132 valence electrons. The monoisotopic (exact) mass is 345 g/mol. The lowest BCUT2D eigenvalue weighted by Crippen LogP contribution is -2.41. The number of hydrogen-bond donors (Lipinski definition) is 0. The first-order valence-corrected chi connectivity index (χ1v) is 9.56. The molecule has 0 fully saturated rings. The van der Waals surface area contributed by atoms with E-state index < -0.39 is 0 Å². The number of hydrogen-bond acceptors (Lipinski definition) is 2. The van der Waals surface area contributed by atoms with Crippen LogP contribution in [0.3, 0.4) is 0 Å². The minimum Gasteiger partial charge on any atom is -0.312 e. The molecule has 3 heterocycles. The smallest absolute Gasteiger partial charge is 0.230 e. The first kappa shape index (κ1) is 15.6. The molecule has 0 N–H and O–H groups in total. The standard InChI is InChI=1S/C22H23N3O/c1-15-10-12-24-20-14-17(8-9-18(20)23-21(24)13-15)22(26)25-11-4-6-16-5-2-3-7-19(16)25/h2-3,5,7,10,12-13,17H,4,6,8-9,11,14H2,1H3. The van der Waals surface area contributed by atoms with Gasteiger partial charge in [0.1, 0.15) is 5.65 Å². The third-order valence-corrected chi connectivity index (χ3v) is 5.86. The fraction of sp³-hybridized carbons (Fsp3) is 0.364. The molecule has 1 amide bonds. The minimum absolute atomic E-state index is 0.0508. The van der Waals surface area contributed by atoms with Crippen LogP contribution < -0.4 is 4.90 Å². The number of amides is 1. The molecule has 0 saturated carbocycles. The Morgan fingerprint density at radius 3 is 3.00 bits per heavy atom. The van der Waals surface area contributed by atoms with Gasteiger partial charge in [-0.05, 0) is 61.9 Å². The predicted molar refractivity (Wildman–Crippen MR) is 103 cm³/mol. The highest BCUT2D eigenvalue weighted by atomic mass is 16.2. The number of imidazole rings is 1. The number of aromatic nitrogens is 2. The van der Waals surface area contributed by atoms with Crippen molar-refractivity contribution in [1.82, 2.24) is 9.38 Å². The number of pyridine rings is 1. The molecule has 4 heteroatoms. The van der Waals surface area contributed by atoms with Crippen molar-refractivity contribution in [2.24, 2.45) is 5.92 Å². The molecule has 2 aliphatic rings. The highest BCUT2D eigenvalue weighted by Gasteiger charge is 2.33. The molecular formula is C22H23N3O. The van der Waals surface area contributed by atoms with Gasteiger partial charge in [-0.2, -0.15) is 0 Å². The van der Waals surface area contributed by atoms with Crippen LogP contribution in [0.2, 0.25) is 0 Å². The number of carbonyl (C=O) groups is 1. The molecular weight excluding hydrogens is 322 g/mol. The Hall–Kier alpha value is -2.62. The summed E-state index contributed by atoms with van der Waals surface area (Å²) < 4.78 is 2.17. The first-order chi connectivity index (χ1) is 12.7. The van der Waals surface area contributed by atoms with E-state index in [9.17, 15) is 4.79 Å². The van der Waals surface area contributed by atoms with Crippen LogP contribution in [0, 0.1) is 12.8 Å². The second-order valence-corrected chi connectivity index (χ2v) is 7.60. The van der Waals surface area contributed by atoms with Crippen molar-refractivity contribution < 1.29 is 4.79 Å². The highest BCUT2D eigenvalue weighted by Crippen LogP contribution is 2.32. The van der Waals surface area contributed by atoms with Crippen molar-refractivity contribution >= 4 is 17.2 Å². The maximum absolute atomic E-state index is 13.3. The van der Waals surface area contributed by atoms with Crippen LogP contribution in [0.25, 0.3) is 5.65 Å². The van der Waals surface area contributed by atoms with Crippen molar-refractivity contribution in [1.29, 1.82) is 0 Å². The molecule has 1 unspecified atom stereocenters. The topological polar surface area (TPSA) is 37.6 Å². The summed E-state index contributed by atoms with van der Waals surface area (Å²) in [7, 11) is 0. The maximum atomic E-state index is 13.3. The van der Waals surface area contributed by atoms with E-state index in [0.29, 0.717) is 0 Å². The molecule has 3 aromatic rings. The van der Waals surface area contributed by atoms with Crippen molar-refractivity contribution in [3.63, 3.8) is 0 Å². The van der Waals surface area contributed by atoms with E-state index in [4.69, 9.17) is 4.98 Å². The second kappa shape index (κ2) is 5.97. The summed E-state index contributed by atoms with van der Waals surface area (Å²) in [6.07, 6.45) is 6.79. The minimum atomic E-state index is 0.0508. The van der Waals surface area contributed by atoms with Gasteiger partial charge >= 0.3 is 0 Å². The van der Waals surface area contributed by atoms with Gasteiger partial charge in [-0.1, -0.05) is 18.2 Å². The van der Waals surface area contributed by atoms with E-state index >= 15 is 0 Å². The molecule has 5 rings (SSSR count). The summed E-state index contributed by atoms with van der Waals surface area (Å²) in [4.78, 5) is 20.2. The van der Waals surface area contributed by atoms with Gasteiger partial charge in [0.05, 0.1) is 5.69 Å². The van der Waals surface area contributed by atoms with Crippen LogP contribution in [0.15, 0.2) is 42.6 Å². The molecule has 26 heavy (non-hydrogen) atoms. The van der Waals surface area contributed by atoms with Gasteiger partial charge in [-0.15, -0.1) is 0 Å². The average molecular weight is 345 g/mol. The molecule has 4 nitrogen and oxygen atoms in total. The molecule has 1 atom stereocenters. The molecule has 0 saturated heterocycles. The first-order valence-electron chi connectivity index (χ1n) is 9.56. The van der Waals surface area contributed by atoms with Crippen molar-refractivity contribution in [3.8, 4) is 0 Å². The Bertz CT molecular complexity index is 1000. The number of carbonyl (C=O) groups excluding carboxylic acids is 1. The van der Waals surface area contributed by atoms with E-state index in [1.165, 1.54) is 22.5 Å². The Labute approximate surface area is 153 Å². The fourth-order valence-corrected chi connectivity index (χ4v) is 4.50. The number of anilines is 1. The molecule has 1 aromatic carbocycles. The van der Waals surface area contributed by atoms with Gasteiger partial charge in [0, 0.05) is 36.5 Å². The van der Waals surface area contributed by atoms with Crippen LogP contribution in [-0.4, -0.2) is 21.8 Å². The summed E-state index contributed by atoms with van der Waals surface area (Å²) in [6.45, 7) is 2.93. The van der Waals surface area contributed by atoms with Crippen LogP contribution in [-0.2, 0) is 24.1 Å². The van der Waals surface area contributed by atoms with Gasteiger partial charge in [-0.25, -0.2) is 4.98 Å². The summed E-state index contributed by atoms with van der Waals surface area (Å²) in [5.41, 5.74) is 7.02. The van der Waals surface area contributed by atoms with Crippen LogP contribution in [0.1, 0.15) is 35.4 Å². The van der Waals surface area contributed by atoms with E-state index in [-0.39, 0.29) is 11.8 Å². The van der Waals surface area contributed by atoms with Crippen molar-refractivity contribution in [3.05, 3.63) is 65.1 Å². The number of nitrogens with zero attached hydrogens (tertiary/aromatic N) is 3. The lowest BCUT2D eigenvalue weighted by molar-refractivity contribution is -0.122. The zero-order valence-corrected chi connectivity index (χ0v) is 15.1. The summed E-state index contributed by atoms with van der Waals surface area (Å²) in [6, 6.07) is 12.6. The van der Waals surface area contributed by atoms with Crippen LogP contribution in [0.4, 0.5) is 5.69 Å². The Balaban J connectivity index is 1.46. The van der Waals surface area contributed by atoms with Gasteiger partial charge in [0.25, 0.3) is 0 Å². The number of para-hydroxylation sites is 1. The Morgan fingerprint density at radius 2 is 2.08 bits per heavy atom. The summed E-state index contributed by atoms with van der Waals surface area (Å²) >= 11 is 0. The zero-order valence-electron chi connectivity index (χ0n) is 15.1. The van der Waals surface area contributed by atoms with E-state index in [1.807, 2.05) is 11.0 Å². The number of rotatable bonds is 1. The molecule has 2 aromatic heterocycles. The second-order valence-electron chi connectivity index (χ2n) is 7.60. The van der Waals surface area contributed by atoms with Crippen molar-refractivity contribution in [2.45, 2.75) is 39.0 Å². The lowest BCUT2D eigenvalue weighted by Gasteiger charge is -2.33. The van der Waals surface area contributed by atoms with Gasteiger partial charge in [0.15, 0.2) is 0 Å². The van der Waals surface area contributed by atoms with E-state index in [0.717, 1.165) is 50.0 Å². The average Bonchev–Trinajstić information content (AvgIpc) is 3.03. The summed E-state index contributed by atoms with van der Waals surface area (Å²) in [5.74, 6) is 0.333. The number of benzene rings is 1. The lowest BCUT2D eigenvalue weighted by atomic mass is 9.87. The van der Waals surface area contributed by atoms with Gasteiger partial charge in [-0.3, -0.25) is 4.79 Å². The van der Waals surface area contributed by atoms with E-state index in [2.05, 4.69) is 47.9 Å². The zero-order chi connectivity index (χ0) is 17.7. The number of aryl methyl sites for hydroxylation is 3. The third-order valence-electron chi connectivity index (χ3n) is 5.86.